The Morgan fingerprint density at radius 2 is 1.89 bits per heavy atom. The molecule has 0 aliphatic carbocycles. The van der Waals surface area contributed by atoms with Crippen LogP contribution in [0.4, 0.5) is 8.78 Å². The summed E-state index contributed by atoms with van der Waals surface area (Å²) in [6.07, 6.45) is 4.72. The van der Waals surface area contributed by atoms with Gasteiger partial charge in [0.1, 0.15) is 0 Å². The van der Waals surface area contributed by atoms with Crippen molar-refractivity contribution in [1.29, 1.82) is 0 Å². The lowest BCUT2D eigenvalue weighted by atomic mass is 10.0. The first-order valence-electron chi connectivity index (χ1n) is 6.85. The van der Waals surface area contributed by atoms with Gasteiger partial charge in [0.25, 0.3) is 0 Å². The van der Waals surface area contributed by atoms with Gasteiger partial charge in [0, 0.05) is 6.04 Å². The van der Waals surface area contributed by atoms with Crippen LogP contribution in [0.25, 0.3) is 0 Å². The highest BCUT2D eigenvalue weighted by Gasteiger charge is 2.11. The van der Waals surface area contributed by atoms with Crippen molar-refractivity contribution in [3.05, 3.63) is 35.4 Å². The Morgan fingerprint density at radius 3 is 2.56 bits per heavy atom. The van der Waals surface area contributed by atoms with Crippen LogP contribution in [0.3, 0.4) is 0 Å². The summed E-state index contributed by atoms with van der Waals surface area (Å²) >= 11 is 0. The molecule has 18 heavy (non-hydrogen) atoms. The van der Waals surface area contributed by atoms with Crippen LogP contribution in [-0.4, -0.2) is 12.6 Å². The standard InChI is InChI=1S/C15H23F2N/c1-3-6-13(18-11-4-2)10-9-12-7-5-8-14(16)15(12)17/h5,7-8,13,18H,3-4,6,9-11H2,1-2H3. The number of hydrogen-bond acceptors (Lipinski definition) is 1. The topological polar surface area (TPSA) is 12.0 Å². The zero-order valence-electron chi connectivity index (χ0n) is 11.3. The van der Waals surface area contributed by atoms with Crippen molar-refractivity contribution in [2.75, 3.05) is 6.54 Å². The molecule has 1 nitrogen and oxygen atoms in total. The molecule has 1 atom stereocenters. The average molecular weight is 255 g/mol. The largest absolute Gasteiger partial charge is 0.314 e. The summed E-state index contributed by atoms with van der Waals surface area (Å²) in [5.41, 5.74) is 0.481. The molecule has 0 aliphatic rings. The van der Waals surface area contributed by atoms with Gasteiger partial charge in [-0.25, -0.2) is 8.78 Å². The molecule has 0 saturated carbocycles. The third-order valence-corrected chi connectivity index (χ3v) is 3.11. The van der Waals surface area contributed by atoms with E-state index in [9.17, 15) is 8.78 Å². The molecule has 0 aromatic heterocycles. The van der Waals surface area contributed by atoms with Crippen LogP contribution in [0.1, 0.15) is 45.1 Å². The van der Waals surface area contributed by atoms with Crippen LogP contribution < -0.4 is 5.32 Å². The van der Waals surface area contributed by atoms with E-state index in [4.69, 9.17) is 0 Å². The molecule has 0 aliphatic heterocycles. The molecule has 1 aromatic carbocycles. The molecular weight excluding hydrogens is 232 g/mol. The summed E-state index contributed by atoms with van der Waals surface area (Å²) < 4.78 is 26.6. The maximum Gasteiger partial charge on any atom is 0.162 e. The van der Waals surface area contributed by atoms with E-state index in [1.54, 1.807) is 12.1 Å². The summed E-state index contributed by atoms with van der Waals surface area (Å²) in [7, 11) is 0. The highest BCUT2D eigenvalue weighted by molar-refractivity contribution is 5.19. The van der Waals surface area contributed by atoms with E-state index in [0.29, 0.717) is 18.0 Å². The molecule has 0 bridgehead atoms. The van der Waals surface area contributed by atoms with Crippen molar-refractivity contribution in [3.63, 3.8) is 0 Å². The van der Waals surface area contributed by atoms with E-state index >= 15 is 0 Å². The molecule has 0 fully saturated rings. The number of aryl methyl sites for hydroxylation is 1. The lowest BCUT2D eigenvalue weighted by Crippen LogP contribution is -2.30. The van der Waals surface area contributed by atoms with Gasteiger partial charge in [0.15, 0.2) is 11.6 Å². The minimum absolute atomic E-state index is 0.401. The van der Waals surface area contributed by atoms with Gasteiger partial charge in [0.05, 0.1) is 0 Å². The fourth-order valence-electron chi connectivity index (χ4n) is 2.12. The maximum absolute atomic E-state index is 13.5. The lowest BCUT2D eigenvalue weighted by Gasteiger charge is -2.17. The number of hydrogen-bond donors (Lipinski definition) is 1. The molecule has 0 radical (unpaired) electrons. The quantitative estimate of drug-likeness (QED) is 0.738. The van der Waals surface area contributed by atoms with Crippen molar-refractivity contribution in [2.45, 2.75) is 52.0 Å². The lowest BCUT2D eigenvalue weighted by molar-refractivity contribution is 0.440. The molecule has 0 spiro atoms. The molecule has 0 heterocycles. The van der Waals surface area contributed by atoms with Crippen molar-refractivity contribution in [3.8, 4) is 0 Å². The Bertz CT molecular complexity index is 352. The zero-order valence-corrected chi connectivity index (χ0v) is 11.3. The molecule has 0 saturated heterocycles. The number of benzene rings is 1. The molecule has 3 heteroatoms. The predicted octanol–water partition coefficient (Wildman–Crippen LogP) is 4.07. The van der Waals surface area contributed by atoms with E-state index < -0.39 is 11.6 Å². The van der Waals surface area contributed by atoms with Crippen LogP contribution in [-0.2, 0) is 6.42 Å². The highest BCUT2D eigenvalue weighted by atomic mass is 19.2. The van der Waals surface area contributed by atoms with Crippen LogP contribution in [0, 0.1) is 11.6 Å². The molecule has 102 valence electrons. The predicted molar refractivity (Wildman–Crippen MR) is 71.7 cm³/mol. The molecule has 0 amide bonds. The van der Waals surface area contributed by atoms with Crippen LogP contribution in [0.5, 0.6) is 0 Å². The molecule has 1 N–H and O–H groups in total. The Balaban J connectivity index is 2.52. The number of halogens is 2. The first-order valence-corrected chi connectivity index (χ1v) is 6.85. The van der Waals surface area contributed by atoms with Gasteiger partial charge in [0.2, 0.25) is 0 Å². The van der Waals surface area contributed by atoms with Crippen molar-refractivity contribution >= 4 is 0 Å². The summed E-state index contributed by atoms with van der Waals surface area (Å²) in [6, 6.07) is 4.80. The number of rotatable bonds is 8. The summed E-state index contributed by atoms with van der Waals surface area (Å²) in [5, 5.41) is 3.46. The number of nitrogens with one attached hydrogen (secondary N) is 1. The van der Waals surface area contributed by atoms with Gasteiger partial charge < -0.3 is 5.32 Å². The molecule has 1 aromatic rings. The fraction of sp³-hybridized carbons (Fsp3) is 0.600. The van der Waals surface area contributed by atoms with Gasteiger partial charge >= 0.3 is 0 Å². The van der Waals surface area contributed by atoms with E-state index in [2.05, 4.69) is 19.2 Å². The van der Waals surface area contributed by atoms with Gasteiger partial charge in [-0.15, -0.1) is 0 Å². The summed E-state index contributed by atoms with van der Waals surface area (Å²) in [4.78, 5) is 0. The summed E-state index contributed by atoms with van der Waals surface area (Å²) in [5.74, 6) is -1.44. The van der Waals surface area contributed by atoms with E-state index in [-0.39, 0.29) is 0 Å². The second-order valence-corrected chi connectivity index (χ2v) is 4.69. The molecule has 1 unspecified atom stereocenters. The maximum atomic E-state index is 13.5. The Morgan fingerprint density at radius 1 is 1.11 bits per heavy atom. The van der Waals surface area contributed by atoms with Crippen molar-refractivity contribution in [1.82, 2.24) is 5.32 Å². The Kier molecular flexibility index (Phi) is 6.88. The average Bonchev–Trinajstić information content (AvgIpc) is 2.37. The van der Waals surface area contributed by atoms with E-state index in [1.807, 2.05) is 0 Å². The van der Waals surface area contributed by atoms with E-state index in [1.165, 1.54) is 0 Å². The second kappa shape index (κ2) is 8.20. The van der Waals surface area contributed by atoms with Crippen molar-refractivity contribution in [2.24, 2.45) is 0 Å². The van der Waals surface area contributed by atoms with E-state index in [0.717, 1.165) is 38.3 Å². The van der Waals surface area contributed by atoms with Crippen LogP contribution in [0.2, 0.25) is 0 Å². The van der Waals surface area contributed by atoms with Crippen molar-refractivity contribution < 1.29 is 8.78 Å². The second-order valence-electron chi connectivity index (χ2n) is 4.69. The highest BCUT2D eigenvalue weighted by Crippen LogP contribution is 2.15. The molecule has 1 rings (SSSR count). The summed E-state index contributed by atoms with van der Waals surface area (Å²) in [6.45, 7) is 5.25. The van der Waals surface area contributed by atoms with Crippen LogP contribution >= 0.6 is 0 Å². The van der Waals surface area contributed by atoms with Gasteiger partial charge in [-0.2, -0.15) is 0 Å². The van der Waals surface area contributed by atoms with Gasteiger partial charge in [-0.3, -0.25) is 0 Å². The Labute approximate surface area is 109 Å². The SMILES string of the molecule is CCCNC(CCC)CCc1cccc(F)c1F. The first kappa shape index (κ1) is 15.1. The normalized spacial score (nSPS) is 12.7. The fourth-order valence-corrected chi connectivity index (χ4v) is 2.12. The first-order chi connectivity index (χ1) is 8.69. The Hall–Kier alpha value is -0.960. The van der Waals surface area contributed by atoms with Gasteiger partial charge in [-0.05, 0) is 43.9 Å². The third-order valence-electron chi connectivity index (χ3n) is 3.11. The smallest absolute Gasteiger partial charge is 0.162 e. The monoisotopic (exact) mass is 255 g/mol. The minimum Gasteiger partial charge on any atom is -0.314 e. The molecular formula is C15H23F2N. The van der Waals surface area contributed by atoms with Crippen LogP contribution in [0.15, 0.2) is 18.2 Å². The minimum atomic E-state index is -0.749. The zero-order chi connectivity index (χ0) is 13.4. The van der Waals surface area contributed by atoms with Gasteiger partial charge in [-0.1, -0.05) is 32.4 Å². The third kappa shape index (κ3) is 4.73.